The Morgan fingerprint density at radius 3 is 3.17 bits per heavy atom. The summed E-state index contributed by atoms with van der Waals surface area (Å²) >= 11 is 0. The van der Waals surface area contributed by atoms with Gasteiger partial charge in [-0.2, -0.15) is 4.98 Å². The maximum atomic E-state index is 4.53. The van der Waals surface area contributed by atoms with E-state index in [0.717, 1.165) is 24.7 Å². The Bertz CT molecular complexity index is 482. The molecule has 1 fully saturated rings. The SMILES string of the molecule is CN(CC1CCCCN1)c1nc2ccccn2n1. The molecule has 5 nitrogen and oxygen atoms in total. The van der Waals surface area contributed by atoms with Gasteiger partial charge < -0.3 is 10.2 Å². The number of rotatable bonds is 3. The first kappa shape index (κ1) is 11.5. The fourth-order valence-corrected chi connectivity index (χ4v) is 2.47. The van der Waals surface area contributed by atoms with Gasteiger partial charge >= 0.3 is 0 Å². The molecule has 1 atom stereocenters. The minimum Gasteiger partial charge on any atom is -0.341 e. The quantitative estimate of drug-likeness (QED) is 0.885. The first-order valence-corrected chi connectivity index (χ1v) is 6.59. The third kappa shape index (κ3) is 2.31. The molecule has 3 heterocycles. The lowest BCUT2D eigenvalue weighted by Gasteiger charge is -2.27. The number of fused-ring (bicyclic) bond motifs is 1. The molecule has 2 aromatic rings. The molecular weight excluding hydrogens is 226 g/mol. The third-order valence-electron chi connectivity index (χ3n) is 3.48. The average molecular weight is 245 g/mol. The molecule has 0 spiro atoms. The summed E-state index contributed by atoms with van der Waals surface area (Å²) in [4.78, 5) is 6.66. The van der Waals surface area contributed by atoms with Gasteiger partial charge in [0, 0.05) is 25.8 Å². The molecular formula is C13H19N5. The molecule has 5 heteroatoms. The first-order valence-electron chi connectivity index (χ1n) is 6.59. The van der Waals surface area contributed by atoms with Gasteiger partial charge in [-0.25, -0.2) is 4.52 Å². The van der Waals surface area contributed by atoms with Crippen LogP contribution in [0.2, 0.25) is 0 Å². The Hall–Kier alpha value is -1.62. The molecule has 1 N–H and O–H groups in total. The second-order valence-corrected chi connectivity index (χ2v) is 4.94. The highest BCUT2D eigenvalue weighted by Crippen LogP contribution is 2.12. The van der Waals surface area contributed by atoms with Crippen molar-refractivity contribution >= 4 is 11.6 Å². The molecule has 0 saturated carbocycles. The minimum atomic E-state index is 0.565. The van der Waals surface area contributed by atoms with Crippen molar-refractivity contribution in [1.29, 1.82) is 0 Å². The third-order valence-corrected chi connectivity index (χ3v) is 3.48. The Balaban J connectivity index is 1.72. The van der Waals surface area contributed by atoms with Gasteiger partial charge in [-0.1, -0.05) is 12.5 Å². The zero-order valence-electron chi connectivity index (χ0n) is 10.7. The van der Waals surface area contributed by atoms with Crippen molar-refractivity contribution in [3.05, 3.63) is 24.4 Å². The molecule has 2 aromatic heterocycles. The van der Waals surface area contributed by atoms with Crippen molar-refractivity contribution in [2.24, 2.45) is 0 Å². The number of anilines is 1. The zero-order chi connectivity index (χ0) is 12.4. The van der Waals surface area contributed by atoms with Gasteiger partial charge in [0.2, 0.25) is 5.95 Å². The maximum absolute atomic E-state index is 4.53. The molecule has 1 aliphatic heterocycles. The highest BCUT2D eigenvalue weighted by molar-refractivity contribution is 5.43. The molecule has 0 radical (unpaired) electrons. The average Bonchev–Trinajstić information content (AvgIpc) is 2.84. The lowest BCUT2D eigenvalue weighted by Crippen LogP contribution is -2.42. The predicted octanol–water partition coefficient (Wildman–Crippen LogP) is 1.31. The Morgan fingerprint density at radius 2 is 2.39 bits per heavy atom. The highest BCUT2D eigenvalue weighted by atomic mass is 15.4. The summed E-state index contributed by atoms with van der Waals surface area (Å²) in [6.07, 6.45) is 5.80. The number of hydrogen-bond acceptors (Lipinski definition) is 4. The van der Waals surface area contributed by atoms with Crippen LogP contribution in [0.4, 0.5) is 5.95 Å². The van der Waals surface area contributed by atoms with E-state index in [4.69, 9.17) is 0 Å². The summed E-state index contributed by atoms with van der Waals surface area (Å²) in [6.45, 7) is 2.11. The van der Waals surface area contributed by atoms with E-state index in [1.54, 1.807) is 0 Å². The van der Waals surface area contributed by atoms with Crippen LogP contribution in [0.1, 0.15) is 19.3 Å². The van der Waals surface area contributed by atoms with E-state index in [0.29, 0.717) is 6.04 Å². The van der Waals surface area contributed by atoms with Crippen LogP contribution < -0.4 is 10.2 Å². The van der Waals surface area contributed by atoms with Crippen molar-refractivity contribution in [3.8, 4) is 0 Å². The molecule has 1 saturated heterocycles. The number of pyridine rings is 1. The normalized spacial score (nSPS) is 20.2. The number of piperidine rings is 1. The van der Waals surface area contributed by atoms with E-state index >= 15 is 0 Å². The molecule has 0 aliphatic carbocycles. The number of likely N-dealkylation sites (N-methyl/N-ethyl adjacent to an activating group) is 1. The van der Waals surface area contributed by atoms with E-state index in [1.807, 2.05) is 28.9 Å². The summed E-state index contributed by atoms with van der Waals surface area (Å²) in [6, 6.07) is 6.49. The van der Waals surface area contributed by atoms with Crippen molar-refractivity contribution in [2.75, 3.05) is 25.0 Å². The molecule has 96 valence electrons. The fourth-order valence-electron chi connectivity index (χ4n) is 2.47. The van der Waals surface area contributed by atoms with Crippen molar-refractivity contribution in [3.63, 3.8) is 0 Å². The number of nitrogens with zero attached hydrogens (tertiary/aromatic N) is 4. The van der Waals surface area contributed by atoms with Gasteiger partial charge in [0.25, 0.3) is 0 Å². The van der Waals surface area contributed by atoms with Crippen LogP contribution >= 0.6 is 0 Å². The molecule has 0 amide bonds. The maximum Gasteiger partial charge on any atom is 0.245 e. The van der Waals surface area contributed by atoms with Gasteiger partial charge in [0.15, 0.2) is 5.65 Å². The largest absolute Gasteiger partial charge is 0.341 e. The fraction of sp³-hybridized carbons (Fsp3) is 0.538. The summed E-state index contributed by atoms with van der Waals surface area (Å²) in [7, 11) is 2.06. The molecule has 0 bridgehead atoms. The second-order valence-electron chi connectivity index (χ2n) is 4.94. The number of nitrogens with one attached hydrogen (secondary N) is 1. The zero-order valence-corrected chi connectivity index (χ0v) is 10.7. The van der Waals surface area contributed by atoms with E-state index in [9.17, 15) is 0 Å². The minimum absolute atomic E-state index is 0.565. The summed E-state index contributed by atoms with van der Waals surface area (Å²) in [5.74, 6) is 0.800. The van der Waals surface area contributed by atoms with Gasteiger partial charge in [-0.05, 0) is 31.5 Å². The second kappa shape index (κ2) is 4.94. The molecule has 18 heavy (non-hydrogen) atoms. The Kier molecular flexibility index (Phi) is 3.15. The topological polar surface area (TPSA) is 45.5 Å². The molecule has 0 aromatic carbocycles. The van der Waals surface area contributed by atoms with E-state index in [2.05, 4.69) is 27.3 Å². The van der Waals surface area contributed by atoms with Crippen LogP contribution in [0, 0.1) is 0 Å². The van der Waals surface area contributed by atoms with Crippen LogP contribution in [-0.4, -0.2) is 40.8 Å². The standard InChI is InChI=1S/C13H19N5/c1-17(10-11-6-2-4-8-14-11)13-15-12-7-3-5-9-18(12)16-13/h3,5,7,9,11,14H,2,4,6,8,10H2,1H3. The van der Waals surface area contributed by atoms with Crippen LogP contribution in [0.5, 0.6) is 0 Å². The monoisotopic (exact) mass is 245 g/mol. The van der Waals surface area contributed by atoms with Gasteiger partial charge in [-0.15, -0.1) is 5.10 Å². The molecule has 1 aliphatic rings. The van der Waals surface area contributed by atoms with Crippen molar-refractivity contribution in [1.82, 2.24) is 19.9 Å². The van der Waals surface area contributed by atoms with E-state index < -0.39 is 0 Å². The molecule has 3 rings (SSSR count). The van der Waals surface area contributed by atoms with Crippen LogP contribution in [0.15, 0.2) is 24.4 Å². The summed E-state index contributed by atoms with van der Waals surface area (Å²) in [5, 5.41) is 8.03. The first-order chi connectivity index (χ1) is 8.83. The van der Waals surface area contributed by atoms with Crippen molar-refractivity contribution < 1.29 is 0 Å². The number of aromatic nitrogens is 3. The Morgan fingerprint density at radius 1 is 1.44 bits per heavy atom. The summed E-state index contributed by atoms with van der Waals surface area (Å²) in [5.41, 5.74) is 0.899. The van der Waals surface area contributed by atoms with E-state index in [-0.39, 0.29) is 0 Å². The van der Waals surface area contributed by atoms with Crippen LogP contribution in [-0.2, 0) is 0 Å². The highest BCUT2D eigenvalue weighted by Gasteiger charge is 2.16. The smallest absolute Gasteiger partial charge is 0.245 e. The van der Waals surface area contributed by atoms with Gasteiger partial charge in [-0.3, -0.25) is 0 Å². The van der Waals surface area contributed by atoms with E-state index in [1.165, 1.54) is 19.3 Å². The summed E-state index contributed by atoms with van der Waals surface area (Å²) < 4.78 is 1.82. The van der Waals surface area contributed by atoms with Crippen LogP contribution in [0.3, 0.4) is 0 Å². The Labute approximate surface area is 107 Å². The van der Waals surface area contributed by atoms with Gasteiger partial charge in [0.1, 0.15) is 0 Å². The van der Waals surface area contributed by atoms with Gasteiger partial charge in [0.05, 0.1) is 0 Å². The van der Waals surface area contributed by atoms with Crippen molar-refractivity contribution in [2.45, 2.75) is 25.3 Å². The predicted molar refractivity (Wildman–Crippen MR) is 71.9 cm³/mol. The van der Waals surface area contributed by atoms with Crippen LogP contribution in [0.25, 0.3) is 5.65 Å². The molecule has 1 unspecified atom stereocenters. The lowest BCUT2D eigenvalue weighted by atomic mass is 10.1. The number of hydrogen-bond donors (Lipinski definition) is 1. The lowest BCUT2D eigenvalue weighted by molar-refractivity contribution is 0.402.